The maximum atomic E-state index is 12.3. The lowest BCUT2D eigenvalue weighted by Crippen LogP contribution is -1.93. The molecule has 0 saturated heterocycles. The first-order valence-corrected chi connectivity index (χ1v) is 8.32. The number of fused-ring (bicyclic) bond motifs is 1. The maximum Gasteiger partial charge on any atom is 0.200 e. The normalized spacial score (nSPS) is 15.5. The molecule has 0 aromatic heterocycles. The predicted octanol–water partition coefficient (Wildman–Crippen LogP) is 4.95. The van der Waals surface area contributed by atoms with Gasteiger partial charge < -0.3 is 10.2 Å². The van der Waals surface area contributed by atoms with Crippen molar-refractivity contribution in [3.05, 3.63) is 55.3 Å². The molecule has 21 heavy (non-hydrogen) atoms. The number of aromatic hydroxyl groups is 2. The van der Waals surface area contributed by atoms with Gasteiger partial charge in [0.1, 0.15) is 16.0 Å². The standard InChI is InChI=1S/C15H8Br2O3S/c16-9-5-7(13(18)12(17)15(9)20)6-11-14(19)8-3-1-2-4-10(8)21-11/h1-6,18,20H/b11-6+. The number of benzene rings is 2. The van der Waals surface area contributed by atoms with E-state index in [1.165, 1.54) is 11.8 Å². The summed E-state index contributed by atoms with van der Waals surface area (Å²) in [5.74, 6) is -0.244. The molecular weight excluding hydrogens is 420 g/mol. The second kappa shape index (κ2) is 5.51. The van der Waals surface area contributed by atoms with Gasteiger partial charge in [-0.25, -0.2) is 0 Å². The summed E-state index contributed by atoms with van der Waals surface area (Å²) in [5, 5.41) is 19.8. The second-order valence-electron chi connectivity index (χ2n) is 4.39. The zero-order valence-electron chi connectivity index (χ0n) is 10.4. The van der Waals surface area contributed by atoms with E-state index in [1.54, 1.807) is 18.2 Å². The van der Waals surface area contributed by atoms with Gasteiger partial charge in [-0.15, -0.1) is 0 Å². The molecule has 0 unspecified atom stereocenters. The maximum absolute atomic E-state index is 12.3. The summed E-state index contributed by atoms with van der Waals surface area (Å²) in [4.78, 5) is 13.8. The number of allylic oxidation sites excluding steroid dienone is 1. The van der Waals surface area contributed by atoms with Crippen LogP contribution in [-0.4, -0.2) is 16.0 Å². The first kappa shape index (κ1) is 14.7. The minimum atomic E-state index is -0.104. The first-order valence-electron chi connectivity index (χ1n) is 5.92. The van der Waals surface area contributed by atoms with Crippen molar-refractivity contribution < 1.29 is 15.0 Å². The molecule has 0 spiro atoms. The Morgan fingerprint density at radius 2 is 1.81 bits per heavy atom. The number of Topliss-reactive ketones (excluding diaryl/α,β-unsaturated/α-hetero) is 1. The highest BCUT2D eigenvalue weighted by Gasteiger charge is 2.26. The van der Waals surface area contributed by atoms with E-state index in [0.717, 1.165) is 4.90 Å². The summed E-state index contributed by atoms with van der Waals surface area (Å²) >= 11 is 7.71. The summed E-state index contributed by atoms with van der Waals surface area (Å²) < 4.78 is 0.628. The fourth-order valence-corrected chi connectivity index (χ4v) is 4.20. The van der Waals surface area contributed by atoms with Crippen LogP contribution in [0.5, 0.6) is 11.5 Å². The molecule has 0 radical (unpaired) electrons. The van der Waals surface area contributed by atoms with E-state index >= 15 is 0 Å². The molecule has 3 nitrogen and oxygen atoms in total. The van der Waals surface area contributed by atoms with Crippen molar-refractivity contribution >= 4 is 55.5 Å². The molecule has 0 aliphatic carbocycles. The van der Waals surface area contributed by atoms with Crippen LogP contribution >= 0.6 is 43.6 Å². The van der Waals surface area contributed by atoms with Gasteiger partial charge in [-0.05, 0) is 56.1 Å². The van der Waals surface area contributed by atoms with Crippen molar-refractivity contribution in [2.24, 2.45) is 0 Å². The summed E-state index contributed by atoms with van der Waals surface area (Å²) in [6, 6.07) is 8.95. The van der Waals surface area contributed by atoms with E-state index in [-0.39, 0.29) is 21.8 Å². The molecule has 1 aliphatic rings. The number of halogens is 2. The molecule has 106 valence electrons. The lowest BCUT2D eigenvalue weighted by Gasteiger charge is -2.07. The Bertz CT molecular complexity index is 800. The minimum Gasteiger partial charge on any atom is -0.506 e. The smallest absolute Gasteiger partial charge is 0.200 e. The molecule has 1 aliphatic heterocycles. The van der Waals surface area contributed by atoms with Gasteiger partial charge >= 0.3 is 0 Å². The van der Waals surface area contributed by atoms with E-state index in [1.807, 2.05) is 18.2 Å². The molecule has 0 atom stereocenters. The average Bonchev–Trinajstić information content (AvgIpc) is 2.79. The lowest BCUT2D eigenvalue weighted by molar-refractivity contribution is 0.104. The number of hydrogen-bond acceptors (Lipinski definition) is 4. The van der Waals surface area contributed by atoms with Crippen LogP contribution in [0.15, 0.2) is 49.1 Å². The van der Waals surface area contributed by atoms with Crippen LogP contribution in [-0.2, 0) is 0 Å². The third-order valence-corrected chi connectivity index (χ3v) is 5.51. The largest absolute Gasteiger partial charge is 0.506 e. The van der Waals surface area contributed by atoms with Gasteiger partial charge in [-0.2, -0.15) is 0 Å². The van der Waals surface area contributed by atoms with Crippen LogP contribution in [0.25, 0.3) is 6.08 Å². The van der Waals surface area contributed by atoms with Crippen LogP contribution in [0, 0.1) is 0 Å². The Kier molecular flexibility index (Phi) is 3.86. The number of rotatable bonds is 1. The van der Waals surface area contributed by atoms with Crippen molar-refractivity contribution in [2.45, 2.75) is 4.90 Å². The molecule has 3 rings (SSSR count). The van der Waals surface area contributed by atoms with Crippen LogP contribution in [0.2, 0.25) is 0 Å². The average molecular weight is 428 g/mol. The fraction of sp³-hybridized carbons (Fsp3) is 0. The van der Waals surface area contributed by atoms with Crippen LogP contribution in [0.3, 0.4) is 0 Å². The summed E-state index contributed by atoms with van der Waals surface area (Å²) in [5.41, 5.74) is 1.13. The van der Waals surface area contributed by atoms with E-state index in [4.69, 9.17) is 0 Å². The highest BCUT2D eigenvalue weighted by molar-refractivity contribution is 9.11. The van der Waals surface area contributed by atoms with Gasteiger partial charge in [0.25, 0.3) is 0 Å². The van der Waals surface area contributed by atoms with Crippen molar-refractivity contribution in [1.29, 1.82) is 0 Å². The zero-order valence-corrected chi connectivity index (χ0v) is 14.4. The Labute approximate surface area is 141 Å². The van der Waals surface area contributed by atoms with Crippen LogP contribution in [0.1, 0.15) is 15.9 Å². The number of ketones is 1. The molecule has 1 heterocycles. The zero-order chi connectivity index (χ0) is 15.1. The SMILES string of the molecule is O=C1/C(=C\c2cc(Br)c(O)c(Br)c2O)Sc2ccccc21. The summed E-state index contributed by atoms with van der Waals surface area (Å²) in [6.45, 7) is 0. The molecule has 0 saturated carbocycles. The Hall–Kier alpha value is -1.24. The molecule has 0 fully saturated rings. The molecule has 2 aromatic carbocycles. The third kappa shape index (κ3) is 2.52. The molecule has 2 aromatic rings. The van der Waals surface area contributed by atoms with Crippen molar-refractivity contribution in [2.75, 3.05) is 0 Å². The van der Waals surface area contributed by atoms with E-state index in [9.17, 15) is 15.0 Å². The number of hydrogen-bond donors (Lipinski definition) is 2. The number of carbonyl (C=O) groups excluding carboxylic acids is 1. The Balaban J connectivity index is 2.08. The topological polar surface area (TPSA) is 57.5 Å². The van der Waals surface area contributed by atoms with E-state index < -0.39 is 0 Å². The van der Waals surface area contributed by atoms with Gasteiger partial charge in [-0.3, -0.25) is 4.79 Å². The number of phenolic OH excluding ortho intramolecular Hbond substituents is 2. The van der Waals surface area contributed by atoms with Gasteiger partial charge in [-0.1, -0.05) is 23.9 Å². The first-order chi connectivity index (χ1) is 9.99. The fourth-order valence-electron chi connectivity index (χ4n) is 2.00. The van der Waals surface area contributed by atoms with Gasteiger partial charge in [0.2, 0.25) is 5.78 Å². The van der Waals surface area contributed by atoms with Crippen molar-refractivity contribution in [1.82, 2.24) is 0 Å². The van der Waals surface area contributed by atoms with Crippen molar-refractivity contribution in [3.63, 3.8) is 0 Å². The van der Waals surface area contributed by atoms with E-state index in [2.05, 4.69) is 31.9 Å². The van der Waals surface area contributed by atoms with Gasteiger partial charge in [0, 0.05) is 16.0 Å². The molecule has 6 heteroatoms. The third-order valence-electron chi connectivity index (χ3n) is 3.06. The van der Waals surface area contributed by atoms with Crippen molar-refractivity contribution in [3.8, 4) is 11.5 Å². The highest BCUT2D eigenvalue weighted by atomic mass is 79.9. The number of carbonyl (C=O) groups is 1. The Morgan fingerprint density at radius 1 is 1.10 bits per heavy atom. The number of thioether (sulfide) groups is 1. The molecule has 0 bridgehead atoms. The van der Waals surface area contributed by atoms with Gasteiger partial charge in [0.05, 0.1) is 9.38 Å². The minimum absolute atomic E-state index is 0.0599. The molecule has 2 N–H and O–H groups in total. The van der Waals surface area contributed by atoms with Gasteiger partial charge in [0.15, 0.2) is 0 Å². The Morgan fingerprint density at radius 3 is 2.52 bits per heavy atom. The quantitative estimate of drug-likeness (QED) is 0.632. The highest BCUT2D eigenvalue weighted by Crippen LogP contribution is 2.45. The molecular formula is C15H8Br2O3S. The summed E-state index contributed by atoms with van der Waals surface area (Å²) in [7, 11) is 0. The second-order valence-corrected chi connectivity index (χ2v) is 7.13. The lowest BCUT2D eigenvalue weighted by atomic mass is 10.1. The monoisotopic (exact) mass is 426 g/mol. The summed E-state index contributed by atoms with van der Waals surface area (Å²) in [6.07, 6.45) is 1.62. The van der Waals surface area contributed by atoms with Crippen LogP contribution in [0.4, 0.5) is 0 Å². The van der Waals surface area contributed by atoms with Crippen LogP contribution < -0.4 is 0 Å². The number of phenols is 2. The molecule has 0 amide bonds. The predicted molar refractivity (Wildman–Crippen MR) is 89.8 cm³/mol. The van der Waals surface area contributed by atoms with E-state index in [0.29, 0.717) is 20.5 Å².